The minimum Gasteiger partial charge on any atom is -0.348 e. The minimum atomic E-state index is -3.33. The van der Waals surface area contributed by atoms with Crippen molar-refractivity contribution in [3.8, 4) is 0 Å². The summed E-state index contributed by atoms with van der Waals surface area (Å²) in [5.41, 5.74) is 2.66. The van der Waals surface area contributed by atoms with E-state index >= 15 is 0 Å². The van der Waals surface area contributed by atoms with Crippen LogP contribution in [0.3, 0.4) is 0 Å². The Morgan fingerprint density at radius 1 is 1.04 bits per heavy atom. The molecule has 1 saturated heterocycles. The molecule has 0 saturated carbocycles. The van der Waals surface area contributed by atoms with Gasteiger partial charge in [-0.3, -0.25) is 9.69 Å². The molecule has 1 amide bonds. The van der Waals surface area contributed by atoms with E-state index in [-0.39, 0.29) is 10.8 Å². The molecule has 0 aliphatic carbocycles. The van der Waals surface area contributed by atoms with Crippen LogP contribution in [0.2, 0.25) is 0 Å². The Labute approximate surface area is 154 Å². The molecule has 0 radical (unpaired) electrons. The van der Waals surface area contributed by atoms with Crippen LogP contribution in [0.15, 0.2) is 53.4 Å². The highest BCUT2D eigenvalue weighted by Crippen LogP contribution is 2.16. The molecule has 1 N–H and O–H groups in total. The first-order chi connectivity index (χ1) is 12.4. The van der Waals surface area contributed by atoms with Gasteiger partial charge in [-0.1, -0.05) is 30.3 Å². The molecular weight excluding hydrogens is 348 g/mol. The predicted molar refractivity (Wildman–Crippen MR) is 102 cm³/mol. The molecule has 0 aromatic heterocycles. The van der Waals surface area contributed by atoms with Gasteiger partial charge in [0.2, 0.25) is 0 Å². The molecule has 138 valence electrons. The van der Waals surface area contributed by atoms with Crippen LogP contribution in [0.25, 0.3) is 0 Å². The van der Waals surface area contributed by atoms with Crippen LogP contribution in [0.1, 0.15) is 34.3 Å². The lowest BCUT2D eigenvalue weighted by Crippen LogP contribution is -2.25. The molecule has 0 unspecified atom stereocenters. The minimum absolute atomic E-state index is 0.152. The lowest BCUT2D eigenvalue weighted by molar-refractivity contribution is 0.0950. The molecule has 1 heterocycles. The van der Waals surface area contributed by atoms with Crippen LogP contribution in [-0.2, 0) is 22.9 Å². The van der Waals surface area contributed by atoms with Crippen molar-refractivity contribution in [1.82, 2.24) is 10.2 Å². The molecule has 0 bridgehead atoms. The number of hydrogen-bond donors (Lipinski definition) is 1. The second-order valence-corrected chi connectivity index (χ2v) is 8.75. The van der Waals surface area contributed by atoms with Gasteiger partial charge in [0.1, 0.15) is 0 Å². The van der Waals surface area contributed by atoms with Crippen LogP contribution >= 0.6 is 0 Å². The van der Waals surface area contributed by atoms with Gasteiger partial charge in [-0.25, -0.2) is 8.42 Å². The van der Waals surface area contributed by atoms with Gasteiger partial charge in [-0.05, 0) is 55.3 Å². The molecule has 0 atom stereocenters. The monoisotopic (exact) mass is 372 g/mol. The lowest BCUT2D eigenvalue weighted by atomic mass is 10.1. The van der Waals surface area contributed by atoms with Crippen LogP contribution in [-0.4, -0.2) is 38.6 Å². The summed E-state index contributed by atoms with van der Waals surface area (Å²) in [7, 11) is -3.33. The van der Waals surface area contributed by atoms with Crippen molar-refractivity contribution in [1.29, 1.82) is 0 Å². The Bertz CT molecular complexity index is 887. The maximum atomic E-state index is 12.4. The normalized spacial score (nSPS) is 15.1. The van der Waals surface area contributed by atoms with E-state index in [1.165, 1.54) is 30.5 Å². The lowest BCUT2D eigenvalue weighted by Gasteiger charge is -2.17. The van der Waals surface area contributed by atoms with Gasteiger partial charge >= 0.3 is 0 Å². The van der Waals surface area contributed by atoms with Crippen molar-refractivity contribution < 1.29 is 13.2 Å². The predicted octanol–water partition coefficient (Wildman–Crippen LogP) is 2.62. The van der Waals surface area contributed by atoms with E-state index in [9.17, 15) is 13.2 Å². The first-order valence-electron chi connectivity index (χ1n) is 8.81. The van der Waals surface area contributed by atoms with Crippen LogP contribution in [0.5, 0.6) is 0 Å². The summed E-state index contributed by atoms with van der Waals surface area (Å²) >= 11 is 0. The maximum absolute atomic E-state index is 12.4. The van der Waals surface area contributed by atoms with Gasteiger partial charge < -0.3 is 5.32 Å². The second-order valence-electron chi connectivity index (χ2n) is 6.73. The summed E-state index contributed by atoms with van der Waals surface area (Å²) in [4.78, 5) is 15.0. The average molecular weight is 372 g/mol. The fourth-order valence-electron chi connectivity index (χ4n) is 3.21. The second kappa shape index (κ2) is 8.01. The van der Waals surface area contributed by atoms with Crippen LogP contribution < -0.4 is 5.32 Å². The quantitative estimate of drug-likeness (QED) is 0.846. The van der Waals surface area contributed by atoms with Crippen molar-refractivity contribution in [3.05, 3.63) is 65.2 Å². The number of sulfone groups is 1. The molecule has 1 fully saturated rings. The van der Waals surface area contributed by atoms with E-state index < -0.39 is 9.84 Å². The zero-order valence-corrected chi connectivity index (χ0v) is 15.8. The fraction of sp³-hybridized carbons (Fsp3) is 0.350. The highest BCUT2D eigenvalue weighted by atomic mass is 32.2. The number of likely N-dealkylation sites (tertiary alicyclic amines) is 1. The summed E-state index contributed by atoms with van der Waals surface area (Å²) in [5, 5.41) is 2.91. The Balaban J connectivity index is 1.68. The van der Waals surface area contributed by atoms with Gasteiger partial charge in [0, 0.05) is 24.9 Å². The van der Waals surface area contributed by atoms with Crippen molar-refractivity contribution >= 4 is 15.7 Å². The first-order valence-corrected chi connectivity index (χ1v) is 10.7. The number of nitrogens with one attached hydrogen (secondary N) is 1. The summed E-state index contributed by atoms with van der Waals surface area (Å²) in [6, 6.07) is 14.2. The third-order valence-corrected chi connectivity index (χ3v) is 5.79. The Morgan fingerprint density at radius 2 is 1.73 bits per heavy atom. The molecule has 5 nitrogen and oxygen atoms in total. The largest absolute Gasteiger partial charge is 0.348 e. The van der Waals surface area contributed by atoms with E-state index in [0.717, 1.165) is 31.5 Å². The number of rotatable bonds is 6. The molecule has 3 rings (SSSR count). The summed E-state index contributed by atoms with van der Waals surface area (Å²) in [5.74, 6) is -0.272. The summed E-state index contributed by atoms with van der Waals surface area (Å²) < 4.78 is 23.3. The van der Waals surface area contributed by atoms with Gasteiger partial charge in [-0.15, -0.1) is 0 Å². The molecular formula is C20H24N2O3S. The number of benzene rings is 2. The molecule has 6 heteroatoms. The van der Waals surface area contributed by atoms with E-state index in [1.54, 1.807) is 12.1 Å². The molecule has 26 heavy (non-hydrogen) atoms. The molecule has 0 spiro atoms. The topological polar surface area (TPSA) is 66.5 Å². The zero-order valence-electron chi connectivity index (χ0n) is 14.9. The Kier molecular flexibility index (Phi) is 5.74. The highest BCUT2D eigenvalue weighted by molar-refractivity contribution is 7.90. The van der Waals surface area contributed by atoms with Gasteiger partial charge in [0.15, 0.2) is 9.84 Å². The first kappa shape index (κ1) is 18.6. The van der Waals surface area contributed by atoms with Crippen molar-refractivity contribution in [2.24, 2.45) is 0 Å². The van der Waals surface area contributed by atoms with E-state index in [2.05, 4.69) is 16.3 Å². The Morgan fingerprint density at radius 3 is 2.42 bits per heavy atom. The third-order valence-electron chi connectivity index (χ3n) is 4.67. The van der Waals surface area contributed by atoms with E-state index in [4.69, 9.17) is 0 Å². The number of hydrogen-bond acceptors (Lipinski definition) is 4. The smallest absolute Gasteiger partial charge is 0.251 e. The fourth-order valence-corrected chi connectivity index (χ4v) is 3.88. The third kappa shape index (κ3) is 4.71. The molecule has 1 aliphatic heterocycles. The highest BCUT2D eigenvalue weighted by Gasteiger charge is 2.15. The van der Waals surface area contributed by atoms with Gasteiger partial charge in [0.25, 0.3) is 5.91 Å². The average Bonchev–Trinajstić information content (AvgIpc) is 3.13. The van der Waals surface area contributed by atoms with Crippen LogP contribution in [0, 0.1) is 0 Å². The van der Waals surface area contributed by atoms with Gasteiger partial charge in [-0.2, -0.15) is 0 Å². The standard InChI is InChI=1S/C20H24N2O3S/c1-26(24,25)19-10-6-9-16(13-19)20(23)21-14-17-7-2-3-8-18(17)15-22-11-4-5-12-22/h2-3,6-10,13H,4-5,11-12,14-15H2,1H3,(H,21,23). The van der Waals surface area contributed by atoms with E-state index in [0.29, 0.717) is 12.1 Å². The summed E-state index contributed by atoms with van der Waals surface area (Å²) in [6.45, 7) is 3.57. The van der Waals surface area contributed by atoms with Gasteiger partial charge in [0.05, 0.1) is 4.90 Å². The maximum Gasteiger partial charge on any atom is 0.251 e. The number of amides is 1. The van der Waals surface area contributed by atoms with Crippen molar-refractivity contribution in [2.45, 2.75) is 30.8 Å². The van der Waals surface area contributed by atoms with Crippen molar-refractivity contribution in [2.75, 3.05) is 19.3 Å². The zero-order chi connectivity index (χ0) is 18.6. The number of carbonyl (C=O) groups excluding carboxylic acids is 1. The summed E-state index contributed by atoms with van der Waals surface area (Å²) in [6.07, 6.45) is 3.63. The molecule has 1 aliphatic rings. The van der Waals surface area contributed by atoms with E-state index in [1.807, 2.05) is 18.2 Å². The van der Waals surface area contributed by atoms with Crippen molar-refractivity contribution in [3.63, 3.8) is 0 Å². The number of nitrogens with zero attached hydrogens (tertiary/aromatic N) is 1. The SMILES string of the molecule is CS(=O)(=O)c1cccc(C(=O)NCc2ccccc2CN2CCCC2)c1. The Hall–Kier alpha value is -2.18. The number of carbonyl (C=O) groups is 1. The molecule has 2 aromatic rings. The molecule has 2 aromatic carbocycles. The van der Waals surface area contributed by atoms with Crippen LogP contribution in [0.4, 0.5) is 0 Å².